The van der Waals surface area contributed by atoms with Crippen molar-refractivity contribution in [2.75, 3.05) is 0 Å². The van der Waals surface area contributed by atoms with E-state index in [1.54, 1.807) is 18.2 Å². The summed E-state index contributed by atoms with van der Waals surface area (Å²) in [6.45, 7) is 3.93. The summed E-state index contributed by atoms with van der Waals surface area (Å²) < 4.78 is 14.7. The molecule has 104 valence electrons. The molecule has 0 spiro atoms. The predicted octanol–water partition coefficient (Wildman–Crippen LogP) is 3.65. The van der Waals surface area contributed by atoms with Crippen LogP contribution in [0.15, 0.2) is 28.9 Å². The van der Waals surface area contributed by atoms with Crippen LogP contribution < -0.4 is 5.32 Å². The zero-order valence-corrected chi connectivity index (χ0v) is 12.8. The van der Waals surface area contributed by atoms with Gasteiger partial charge in [-0.2, -0.15) is 0 Å². The van der Waals surface area contributed by atoms with Gasteiger partial charge >= 0.3 is 0 Å². The van der Waals surface area contributed by atoms with E-state index in [2.05, 4.69) is 26.2 Å². The minimum absolute atomic E-state index is 0.170. The van der Waals surface area contributed by atoms with Crippen molar-refractivity contribution in [3.8, 4) is 11.1 Å². The van der Waals surface area contributed by atoms with E-state index in [9.17, 15) is 9.18 Å². The number of carbonyl (C=O) groups excluding carboxylic acids is 1. The van der Waals surface area contributed by atoms with E-state index in [0.717, 1.165) is 5.69 Å². The first-order valence-corrected chi connectivity index (χ1v) is 7.16. The molecule has 1 amide bonds. The summed E-state index contributed by atoms with van der Waals surface area (Å²) in [6, 6.07) is 6.46. The topological polar surface area (TPSA) is 44.9 Å². The second kappa shape index (κ2) is 4.45. The summed E-state index contributed by atoms with van der Waals surface area (Å²) in [5, 5.41) is 2.95. The normalized spacial score (nSPS) is 16.7. The van der Waals surface area contributed by atoms with Gasteiger partial charge in [-0.1, -0.05) is 18.2 Å². The second-order valence-electron chi connectivity index (χ2n) is 5.66. The maximum absolute atomic E-state index is 14.0. The molecule has 1 aromatic heterocycles. The van der Waals surface area contributed by atoms with Crippen LogP contribution in [-0.2, 0) is 6.42 Å². The summed E-state index contributed by atoms with van der Waals surface area (Å²) >= 11 is 3.41. The second-order valence-corrected chi connectivity index (χ2v) is 6.46. The van der Waals surface area contributed by atoms with Gasteiger partial charge in [-0.25, -0.2) is 4.39 Å². The van der Waals surface area contributed by atoms with Crippen molar-refractivity contribution in [2.45, 2.75) is 25.8 Å². The van der Waals surface area contributed by atoms with E-state index < -0.39 is 0 Å². The number of aromatic amines is 1. The summed E-state index contributed by atoms with van der Waals surface area (Å²) in [7, 11) is 0. The lowest BCUT2D eigenvalue weighted by Crippen LogP contribution is -2.49. The fourth-order valence-corrected chi connectivity index (χ4v) is 3.33. The first kappa shape index (κ1) is 13.4. The zero-order chi connectivity index (χ0) is 14.5. The first-order valence-electron chi connectivity index (χ1n) is 6.37. The standard InChI is InChI=1S/C15H14BrFN2O/c1-15(2)7-10-12(14(20)19-15)11(13(16)18-10)8-5-3-4-6-9(8)17/h3-6,18H,7H2,1-2H3,(H,19,20). The van der Waals surface area contributed by atoms with Gasteiger partial charge in [0.1, 0.15) is 5.82 Å². The number of nitrogens with one attached hydrogen (secondary N) is 2. The van der Waals surface area contributed by atoms with Gasteiger partial charge < -0.3 is 10.3 Å². The number of halogens is 2. The highest BCUT2D eigenvalue weighted by atomic mass is 79.9. The van der Waals surface area contributed by atoms with Gasteiger partial charge in [0.05, 0.1) is 10.2 Å². The van der Waals surface area contributed by atoms with Gasteiger partial charge in [-0.05, 0) is 35.8 Å². The third-order valence-corrected chi connectivity index (χ3v) is 4.07. The maximum atomic E-state index is 14.0. The molecule has 0 radical (unpaired) electrons. The van der Waals surface area contributed by atoms with Crippen LogP contribution in [0.1, 0.15) is 29.9 Å². The van der Waals surface area contributed by atoms with E-state index >= 15 is 0 Å². The lowest BCUT2D eigenvalue weighted by atomic mass is 9.89. The highest BCUT2D eigenvalue weighted by Crippen LogP contribution is 2.38. The number of aromatic nitrogens is 1. The molecule has 3 nitrogen and oxygen atoms in total. The van der Waals surface area contributed by atoms with E-state index in [1.807, 2.05) is 13.8 Å². The highest BCUT2D eigenvalue weighted by molar-refractivity contribution is 9.10. The maximum Gasteiger partial charge on any atom is 0.254 e. The lowest BCUT2D eigenvalue weighted by molar-refractivity contribution is 0.0897. The molecule has 0 saturated carbocycles. The molecule has 2 heterocycles. The van der Waals surface area contributed by atoms with Crippen molar-refractivity contribution in [1.82, 2.24) is 10.3 Å². The van der Waals surface area contributed by atoms with Crippen LogP contribution in [0.25, 0.3) is 11.1 Å². The van der Waals surface area contributed by atoms with E-state index in [0.29, 0.717) is 27.7 Å². The molecule has 1 aliphatic heterocycles. The van der Waals surface area contributed by atoms with Crippen LogP contribution in [0.2, 0.25) is 0 Å². The SMILES string of the molecule is CC1(C)Cc2[nH]c(Br)c(-c3ccccc3F)c2C(=O)N1. The number of hydrogen-bond donors (Lipinski definition) is 2. The Bertz CT molecular complexity index is 706. The predicted molar refractivity (Wildman–Crippen MR) is 79.1 cm³/mol. The van der Waals surface area contributed by atoms with Crippen molar-refractivity contribution in [1.29, 1.82) is 0 Å². The Balaban J connectivity index is 2.23. The minimum Gasteiger partial charge on any atom is -0.352 e. The van der Waals surface area contributed by atoms with Gasteiger partial charge in [0.15, 0.2) is 0 Å². The third kappa shape index (κ3) is 2.06. The van der Waals surface area contributed by atoms with E-state index in [1.165, 1.54) is 6.07 Å². The Morgan fingerprint density at radius 2 is 1.95 bits per heavy atom. The molecule has 1 aromatic carbocycles. The molecule has 0 saturated heterocycles. The first-order chi connectivity index (χ1) is 9.39. The molecule has 2 N–H and O–H groups in total. The van der Waals surface area contributed by atoms with Crippen LogP contribution in [0.5, 0.6) is 0 Å². The summed E-state index contributed by atoms with van der Waals surface area (Å²) in [5.41, 5.74) is 2.07. The quantitative estimate of drug-likeness (QED) is 0.820. The van der Waals surface area contributed by atoms with Gasteiger partial charge in [-0.3, -0.25) is 4.79 Å². The van der Waals surface area contributed by atoms with Crippen LogP contribution in [0.4, 0.5) is 4.39 Å². The number of amides is 1. The zero-order valence-electron chi connectivity index (χ0n) is 11.2. The Kier molecular flexibility index (Phi) is 2.97. The molecule has 0 unspecified atom stereocenters. The van der Waals surface area contributed by atoms with Gasteiger partial charge in [0, 0.05) is 28.8 Å². The van der Waals surface area contributed by atoms with Gasteiger partial charge in [0.25, 0.3) is 5.91 Å². The molecule has 2 aromatic rings. The number of carbonyl (C=O) groups is 1. The third-order valence-electron chi connectivity index (χ3n) is 3.47. The Morgan fingerprint density at radius 1 is 1.25 bits per heavy atom. The summed E-state index contributed by atoms with van der Waals surface area (Å²) in [5.74, 6) is -0.510. The van der Waals surface area contributed by atoms with E-state index in [-0.39, 0.29) is 17.3 Å². The fraction of sp³-hybridized carbons (Fsp3) is 0.267. The number of rotatable bonds is 1. The van der Waals surface area contributed by atoms with Crippen molar-refractivity contribution >= 4 is 21.8 Å². The monoisotopic (exact) mass is 336 g/mol. The summed E-state index contributed by atoms with van der Waals surface area (Å²) in [4.78, 5) is 15.5. The molecular weight excluding hydrogens is 323 g/mol. The molecule has 0 aliphatic carbocycles. The lowest BCUT2D eigenvalue weighted by Gasteiger charge is -2.30. The van der Waals surface area contributed by atoms with Gasteiger partial charge in [-0.15, -0.1) is 0 Å². The van der Waals surface area contributed by atoms with Gasteiger partial charge in [0.2, 0.25) is 0 Å². The molecule has 1 aliphatic rings. The average Bonchev–Trinajstić information content (AvgIpc) is 2.64. The molecular formula is C15H14BrFN2O. The molecule has 5 heteroatoms. The number of benzene rings is 1. The van der Waals surface area contributed by atoms with Crippen LogP contribution in [0.3, 0.4) is 0 Å². The average molecular weight is 337 g/mol. The Morgan fingerprint density at radius 3 is 2.65 bits per heavy atom. The molecule has 0 fully saturated rings. The molecule has 0 bridgehead atoms. The van der Waals surface area contributed by atoms with Crippen molar-refractivity contribution < 1.29 is 9.18 Å². The Labute approximate surface area is 124 Å². The van der Waals surface area contributed by atoms with Crippen LogP contribution in [-0.4, -0.2) is 16.4 Å². The van der Waals surface area contributed by atoms with Crippen molar-refractivity contribution in [3.63, 3.8) is 0 Å². The van der Waals surface area contributed by atoms with Crippen LogP contribution in [0, 0.1) is 5.82 Å². The highest BCUT2D eigenvalue weighted by Gasteiger charge is 2.35. The largest absolute Gasteiger partial charge is 0.352 e. The van der Waals surface area contributed by atoms with E-state index in [4.69, 9.17) is 0 Å². The fourth-order valence-electron chi connectivity index (χ4n) is 2.67. The Hall–Kier alpha value is -1.62. The minimum atomic E-state index is -0.340. The smallest absolute Gasteiger partial charge is 0.254 e. The number of H-pyrrole nitrogens is 1. The molecule has 0 atom stereocenters. The number of fused-ring (bicyclic) bond motifs is 1. The molecule has 3 rings (SSSR count). The van der Waals surface area contributed by atoms with Crippen LogP contribution >= 0.6 is 15.9 Å². The number of hydrogen-bond acceptors (Lipinski definition) is 1. The molecule has 20 heavy (non-hydrogen) atoms. The summed E-state index contributed by atoms with van der Waals surface area (Å²) in [6.07, 6.45) is 0.682. The van der Waals surface area contributed by atoms with Crippen molar-refractivity contribution in [2.24, 2.45) is 0 Å². The van der Waals surface area contributed by atoms with Crippen molar-refractivity contribution in [3.05, 3.63) is 45.9 Å².